The molecule has 0 aliphatic carbocycles. The van der Waals surface area contributed by atoms with E-state index in [-0.39, 0.29) is 5.69 Å². The SMILES string of the molecule is O=[N+]([O-])c1ccc(Oc2cccn3ccnc23)cc1. The lowest BCUT2D eigenvalue weighted by Gasteiger charge is -2.06. The average molecular weight is 255 g/mol. The minimum Gasteiger partial charge on any atom is -0.453 e. The highest BCUT2D eigenvalue weighted by molar-refractivity contribution is 5.55. The molecule has 0 saturated heterocycles. The van der Waals surface area contributed by atoms with E-state index in [1.165, 1.54) is 12.1 Å². The van der Waals surface area contributed by atoms with Gasteiger partial charge in [0.25, 0.3) is 5.69 Å². The van der Waals surface area contributed by atoms with E-state index >= 15 is 0 Å². The number of rotatable bonds is 3. The average Bonchev–Trinajstić information content (AvgIpc) is 2.89. The lowest BCUT2D eigenvalue weighted by Crippen LogP contribution is -1.91. The predicted molar refractivity (Wildman–Crippen MR) is 68.4 cm³/mol. The van der Waals surface area contributed by atoms with Crippen molar-refractivity contribution in [2.75, 3.05) is 0 Å². The number of nitro groups is 1. The fourth-order valence-corrected chi connectivity index (χ4v) is 1.76. The van der Waals surface area contributed by atoms with Crippen LogP contribution in [0.15, 0.2) is 55.0 Å². The Morgan fingerprint density at radius 3 is 2.68 bits per heavy atom. The van der Waals surface area contributed by atoms with Gasteiger partial charge in [0.2, 0.25) is 0 Å². The van der Waals surface area contributed by atoms with Crippen LogP contribution in [0.5, 0.6) is 11.5 Å². The van der Waals surface area contributed by atoms with Crippen LogP contribution < -0.4 is 4.74 Å². The van der Waals surface area contributed by atoms with Crippen LogP contribution in [0.1, 0.15) is 0 Å². The first kappa shape index (κ1) is 11.2. The van der Waals surface area contributed by atoms with Gasteiger partial charge in [0.1, 0.15) is 5.75 Å². The summed E-state index contributed by atoms with van der Waals surface area (Å²) in [5.74, 6) is 1.13. The summed E-state index contributed by atoms with van der Waals surface area (Å²) in [6.07, 6.45) is 5.36. The highest BCUT2D eigenvalue weighted by Gasteiger charge is 2.07. The number of nitrogens with zero attached hydrogens (tertiary/aromatic N) is 3. The number of hydrogen-bond donors (Lipinski definition) is 0. The first-order valence-electron chi connectivity index (χ1n) is 5.58. The van der Waals surface area contributed by atoms with Crippen molar-refractivity contribution in [3.05, 3.63) is 65.1 Å². The zero-order valence-electron chi connectivity index (χ0n) is 9.76. The van der Waals surface area contributed by atoms with Crippen LogP contribution in [0.4, 0.5) is 5.69 Å². The molecule has 0 amide bonds. The molecule has 2 aromatic heterocycles. The molecule has 0 aliphatic rings. The van der Waals surface area contributed by atoms with Crippen LogP contribution in [0, 0.1) is 10.1 Å². The van der Waals surface area contributed by atoms with Gasteiger partial charge in [0, 0.05) is 30.7 Å². The molecule has 6 heteroatoms. The minimum atomic E-state index is -0.445. The number of fused-ring (bicyclic) bond motifs is 1. The second kappa shape index (κ2) is 4.41. The molecule has 2 heterocycles. The Kier molecular flexibility index (Phi) is 2.60. The number of nitro benzene ring substituents is 1. The van der Waals surface area contributed by atoms with Crippen LogP contribution in [0.3, 0.4) is 0 Å². The highest BCUT2D eigenvalue weighted by Crippen LogP contribution is 2.26. The topological polar surface area (TPSA) is 69.7 Å². The summed E-state index contributed by atoms with van der Waals surface area (Å²) in [4.78, 5) is 14.3. The molecule has 0 aliphatic heterocycles. The Bertz CT molecular complexity index is 734. The molecule has 19 heavy (non-hydrogen) atoms. The summed E-state index contributed by atoms with van der Waals surface area (Å²) in [5, 5.41) is 10.6. The van der Waals surface area contributed by atoms with E-state index in [0.717, 1.165) is 0 Å². The Morgan fingerprint density at radius 2 is 1.95 bits per heavy atom. The summed E-state index contributed by atoms with van der Waals surface area (Å²) in [6.45, 7) is 0. The molecule has 3 aromatic rings. The van der Waals surface area contributed by atoms with Gasteiger partial charge in [-0.25, -0.2) is 4.98 Å². The van der Waals surface area contributed by atoms with E-state index in [1.807, 2.05) is 22.9 Å². The zero-order chi connectivity index (χ0) is 13.2. The van der Waals surface area contributed by atoms with Crippen molar-refractivity contribution in [2.24, 2.45) is 0 Å². The fourth-order valence-electron chi connectivity index (χ4n) is 1.76. The molecule has 0 saturated carbocycles. The number of non-ortho nitro benzene ring substituents is 1. The smallest absolute Gasteiger partial charge is 0.269 e. The largest absolute Gasteiger partial charge is 0.453 e. The summed E-state index contributed by atoms with van der Waals surface area (Å²) >= 11 is 0. The molecule has 94 valence electrons. The Morgan fingerprint density at radius 1 is 1.16 bits per heavy atom. The standard InChI is InChI=1S/C13H9N3O3/c17-16(18)10-3-5-11(6-4-10)19-12-2-1-8-15-9-7-14-13(12)15/h1-9H. The number of hydrogen-bond acceptors (Lipinski definition) is 4. The van der Waals surface area contributed by atoms with E-state index in [4.69, 9.17) is 4.74 Å². The number of imidazole rings is 1. The van der Waals surface area contributed by atoms with Crippen molar-refractivity contribution in [3.63, 3.8) is 0 Å². The summed E-state index contributed by atoms with van der Waals surface area (Å²) in [6, 6.07) is 9.57. The van der Waals surface area contributed by atoms with E-state index in [2.05, 4.69) is 4.98 Å². The number of ether oxygens (including phenoxy) is 1. The second-order valence-electron chi connectivity index (χ2n) is 3.88. The van der Waals surface area contributed by atoms with Gasteiger partial charge in [-0.3, -0.25) is 10.1 Å². The van der Waals surface area contributed by atoms with E-state index in [1.54, 1.807) is 24.4 Å². The summed E-state index contributed by atoms with van der Waals surface area (Å²) in [5.41, 5.74) is 0.729. The minimum absolute atomic E-state index is 0.0337. The molecule has 0 spiro atoms. The molecule has 0 N–H and O–H groups in total. The lowest BCUT2D eigenvalue weighted by molar-refractivity contribution is -0.384. The predicted octanol–water partition coefficient (Wildman–Crippen LogP) is 3.03. The van der Waals surface area contributed by atoms with Gasteiger partial charge in [0.05, 0.1) is 4.92 Å². The Balaban J connectivity index is 1.92. The van der Waals surface area contributed by atoms with Crippen LogP contribution in [-0.4, -0.2) is 14.3 Å². The van der Waals surface area contributed by atoms with Gasteiger partial charge >= 0.3 is 0 Å². The maximum Gasteiger partial charge on any atom is 0.269 e. The molecule has 6 nitrogen and oxygen atoms in total. The molecule has 0 fully saturated rings. The molecular formula is C13H9N3O3. The van der Waals surface area contributed by atoms with Crippen LogP contribution in [0.25, 0.3) is 5.65 Å². The number of aromatic nitrogens is 2. The number of benzene rings is 1. The van der Waals surface area contributed by atoms with E-state index in [9.17, 15) is 10.1 Å². The van der Waals surface area contributed by atoms with Crippen molar-refractivity contribution >= 4 is 11.3 Å². The van der Waals surface area contributed by atoms with Gasteiger partial charge in [-0.1, -0.05) is 0 Å². The molecule has 0 radical (unpaired) electrons. The van der Waals surface area contributed by atoms with Gasteiger partial charge < -0.3 is 9.14 Å². The van der Waals surface area contributed by atoms with Gasteiger partial charge in [0.15, 0.2) is 11.4 Å². The molecule has 1 aromatic carbocycles. The van der Waals surface area contributed by atoms with Crippen LogP contribution >= 0.6 is 0 Å². The monoisotopic (exact) mass is 255 g/mol. The zero-order valence-corrected chi connectivity index (χ0v) is 9.76. The lowest BCUT2D eigenvalue weighted by atomic mass is 10.3. The third-order valence-corrected chi connectivity index (χ3v) is 2.66. The Hall–Kier alpha value is -2.89. The van der Waals surface area contributed by atoms with Crippen molar-refractivity contribution in [3.8, 4) is 11.5 Å². The van der Waals surface area contributed by atoms with Crippen molar-refractivity contribution in [1.82, 2.24) is 9.38 Å². The quantitative estimate of drug-likeness (QED) is 0.532. The maximum absolute atomic E-state index is 10.6. The van der Waals surface area contributed by atoms with Crippen LogP contribution in [0.2, 0.25) is 0 Å². The normalized spacial score (nSPS) is 10.5. The van der Waals surface area contributed by atoms with Crippen molar-refractivity contribution in [2.45, 2.75) is 0 Å². The molecule has 0 unspecified atom stereocenters. The third-order valence-electron chi connectivity index (χ3n) is 2.66. The Labute approximate surface area is 108 Å². The molecule has 0 atom stereocenters. The maximum atomic E-state index is 10.6. The van der Waals surface area contributed by atoms with Crippen molar-refractivity contribution < 1.29 is 9.66 Å². The van der Waals surface area contributed by atoms with Gasteiger partial charge in [-0.2, -0.15) is 0 Å². The third kappa shape index (κ3) is 2.11. The second-order valence-corrected chi connectivity index (χ2v) is 3.88. The first-order valence-corrected chi connectivity index (χ1v) is 5.58. The van der Waals surface area contributed by atoms with E-state index in [0.29, 0.717) is 17.1 Å². The van der Waals surface area contributed by atoms with Crippen LogP contribution in [-0.2, 0) is 0 Å². The molecule has 0 bridgehead atoms. The van der Waals surface area contributed by atoms with Gasteiger partial charge in [-0.05, 0) is 24.3 Å². The van der Waals surface area contributed by atoms with E-state index < -0.39 is 4.92 Å². The fraction of sp³-hybridized carbons (Fsp3) is 0. The first-order chi connectivity index (χ1) is 9.24. The molecule has 3 rings (SSSR count). The number of pyridine rings is 1. The summed E-state index contributed by atoms with van der Waals surface area (Å²) < 4.78 is 7.51. The van der Waals surface area contributed by atoms with Gasteiger partial charge in [-0.15, -0.1) is 0 Å². The highest BCUT2D eigenvalue weighted by atomic mass is 16.6. The van der Waals surface area contributed by atoms with Crippen molar-refractivity contribution in [1.29, 1.82) is 0 Å². The molecular weight excluding hydrogens is 246 g/mol. The summed E-state index contributed by atoms with van der Waals surface area (Å²) in [7, 11) is 0.